The quantitative estimate of drug-likeness (QED) is 0.580. The van der Waals surface area contributed by atoms with Crippen molar-refractivity contribution < 1.29 is 13.9 Å². The number of esters is 1. The van der Waals surface area contributed by atoms with Gasteiger partial charge in [-0.3, -0.25) is 19.7 Å². The number of nitrogens with zero attached hydrogens (tertiary/aromatic N) is 3. The number of ether oxygens (including phenoxy) is 1. The minimum Gasteiger partial charge on any atom is -0.461 e. The number of aromatic nitrogens is 2. The Balaban J connectivity index is 1.69. The zero-order chi connectivity index (χ0) is 18.2. The van der Waals surface area contributed by atoms with Gasteiger partial charge in [0.25, 0.3) is 0 Å². The zero-order valence-corrected chi connectivity index (χ0v) is 14.7. The van der Waals surface area contributed by atoms with Crippen LogP contribution in [0.2, 0.25) is 0 Å². The standard InChI is InChI=1S/C20H21N3O3/c1-16(24)25-15-20-9-8-19(26-20)14-23(12-17-6-2-4-10-21-17)13-18-7-3-5-11-22-18/h2-11H,12-15H2,1H3. The van der Waals surface area contributed by atoms with E-state index in [1.54, 1.807) is 12.4 Å². The van der Waals surface area contributed by atoms with Gasteiger partial charge in [-0.05, 0) is 36.4 Å². The molecule has 0 amide bonds. The van der Waals surface area contributed by atoms with Crippen LogP contribution in [0.5, 0.6) is 0 Å². The lowest BCUT2D eigenvalue weighted by atomic mass is 10.2. The van der Waals surface area contributed by atoms with E-state index in [1.165, 1.54) is 6.92 Å². The maximum atomic E-state index is 10.9. The third kappa shape index (κ3) is 5.53. The third-order valence-corrected chi connectivity index (χ3v) is 3.74. The molecule has 3 heterocycles. The summed E-state index contributed by atoms with van der Waals surface area (Å²) >= 11 is 0. The van der Waals surface area contributed by atoms with E-state index in [0.29, 0.717) is 25.4 Å². The monoisotopic (exact) mass is 351 g/mol. The SMILES string of the molecule is CC(=O)OCc1ccc(CN(Cc2ccccn2)Cc2ccccn2)o1. The van der Waals surface area contributed by atoms with E-state index in [0.717, 1.165) is 17.1 Å². The Labute approximate surface area is 152 Å². The van der Waals surface area contributed by atoms with E-state index in [2.05, 4.69) is 14.9 Å². The van der Waals surface area contributed by atoms with Crippen LogP contribution >= 0.6 is 0 Å². The Morgan fingerprint density at radius 3 is 2.08 bits per heavy atom. The molecule has 6 heteroatoms. The fraction of sp³-hybridized carbons (Fsp3) is 0.250. The van der Waals surface area contributed by atoms with Crippen LogP contribution in [0.3, 0.4) is 0 Å². The molecule has 3 aromatic heterocycles. The van der Waals surface area contributed by atoms with Gasteiger partial charge in [-0.1, -0.05) is 12.1 Å². The van der Waals surface area contributed by atoms with Crippen LogP contribution in [-0.4, -0.2) is 20.8 Å². The maximum absolute atomic E-state index is 10.9. The highest BCUT2D eigenvalue weighted by Crippen LogP contribution is 2.15. The molecule has 0 fully saturated rings. The van der Waals surface area contributed by atoms with Crippen molar-refractivity contribution in [2.75, 3.05) is 0 Å². The van der Waals surface area contributed by atoms with Crippen molar-refractivity contribution in [3.8, 4) is 0 Å². The Morgan fingerprint density at radius 2 is 1.54 bits per heavy atom. The van der Waals surface area contributed by atoms with Crippen LogP contribution in [0, 0.1) is 0 Å². The number of rotatable bonds is 8. The summed E-state index contributed by atoms with van der Waals surface area (Å²) in [5.74, 6) is 1.11. The Hall–Kier alpha value is -2.99. The molecule has 0 saturated heterocycles. The second kappa shape index (κ2) is 8.92. The molecule has 0 N–H and O–H groups in total. The lowest BCUT2D eigenvalue weighted by molar-refractivity contribution is -0.142. The van der Waals surface area contributed by atoms with Gasteiger partial charge in [-0.2, -0.15) is 0 Å². The average Bonchev–Trinajstić information content (AvgIpc) is 3.09. The first-order valence-electron chi connectivity index (χ1n) is 8.42. The van der Waals surface area contributed by atoms with Crippen molar-refractivity contribution in [2.45, 2.75) is 33.2 Å². The van der Waals surface area contributed by atoms with Gasteiger partial charge >= 0.3 is 5.97 Å². The van der Waals surface area contributed by atoms with E-state index in [9.17, 15) is 4.79 Å². The molecule has 26 heavy (non-hydrogen) atoms. The number of pyridine rings is 2. The minimum absolute atomic E-state index is 0.149. The Kier molecular flexibility index (Phi) is 6.11. The fourth-order valence-corrected chi connectivity index (χ4v) is 2.59. The molecule has 0 saturated carbocycles. The van der Waals surface area contributed by atoms with Crippen LogP contribution in [-0.2, 0) is 35.8 Å². The highest BCUT2D eigenvalue weighted by Gasteiger charge is 2.13. The van der Waals surface area contributed by atoms with Gasteiger partial charge in [0.15, 0.2) is 0 Å². The second-order valence-electron chi connectivity index (χ2n) is 5.94. The van der Waals surface area contributed by atoms with Crippen molar-refractivity contribution >= 4 is 5.97 Å². The molecular formula is C20H21N3O3. The van der Waals surface area contributed by atoms with Crippen LogP contribution in [0.25, 0.3) is 0 Å². The summed E-state index contributed by atoms with van der Waals surface area (Å²) < 4.78 is 10.8. The largest absolute Gasteiger partial charge is 0.461 e. The van der Waals surface area contributed by atoms with E-state index in [1.807, 2.05) is 48.5 Å². The van der Waals surface area contributed by atoms with E-state index in [-0.39, 0.29) is 12.6 Å². The molecule has 3 aromatic rings. The van der Waals surface area contributed by atoms with Crippen molar-refractivity contribution in [1.29, 1.82) is 0 Å². The summed E-state index contributed by atoms with van der Waals surface area (Å²) in [5, 5.41) is 0. The molecule has 0 atom stereocenters. The van der Waals surface area contributed by atoms with Gasteiger partial charge < -0.3 is 9.15 Å². The summed E-state index contributed by atoms with van der Waals surface area (Å²) in [5.41, 5.74) is 1.96. The molecular weight excluding hydrogens is 330 g/mol. The molecule has 0 unspecified atom stereocenters. The molecule has 0 bridgehead atoms. The van der Waals surface area contributed by atoms with Gasteiger partial charge in [-0.25, -0.2) is 0 Å². The van der Waals surface area contributed by atoms with Crippen molar-refractivity contribution in [3.63, 3.8) is 0 Å². The van der Waals surface area contributed by atoms with Crippen molar-refractivity contribution in [3.05, 3.63) is 83.8 Å². The van der Waals surface area contributed by atoms with Crippen LogP contribution in [0.4, 0.5) is 0 Å². The van der Waals surface area contributed by atoms with Gasteiger partial charge in [0.05, 0.1) is 17.9 Å². The molecule has 0 spiro atoms. The predicted octanol–water partition coefficient (Wildman–Crippen LogP) is 3.34. The van der Waals surface area contributed by atoms with E-state index in [4.69, 9.17) is 9.15 Å². The van der Waals surface area contributed by atoms with Crippen molar-refractivity contribution in [1.82, 2.24) is 14.9 Å². The maximum Gasteiger partial charge on any atom is 0.303 e. The Morgan fingerprint density at radius 1 is 0.923 bits per heavy atom. The lowest BCUT2D eigenvalue weighted by Gasteiger charge is -2.20. The van der Waals surface area contributed by atoms with E-state index >= 15 is 0 Å². The summed E-state index contributed by atoms with van der Waals surface area (Å²) in [4.78, 5) is 21.9. The number of furan rings is 1. The van der Waals surface area contributed by atoms with Gasteiger partial charge in [0.1, 0.15) is 18.1 Å². The molecule has 134 valence electrons. The third-order valence-electron chi connectivity index (χ3n) is 3.74. The molecule has 0 radical (unpaired) electrons. The first kappa shape index (κ1) is 17.8. The summed E-state index contributed by atoms with van der Waals surface area (Å²) in [6.45, 7) is 3.49. The lowest BCUT2D eigenvalue weighted by Crippen LogP contribution is -2.23. The smallest absolute Gasteiger partial charge is 0.303 e. The molecule has 0 aliphatic heterocycles. The highest BCUT2D eigenvalue weighted by molar-refractivity contribution is 5.65. The fourth-order valence-electron chi connectivity index (χ4n) is 2.59. The summed E-state index contributed by atoms with van der Waals surface area (Å²) in [7, 11) is 0. The highest BCUT2D eigenvalue weighted by atomic mass is 16.5. The number of carbonyl (C=O) groups excluding carboxylic acids is 1. The second-order valence-corrected chi connectivity index (χ2v) is 5.94. The molecule has 0 aliphatic carbocycles. The van der Waals surface area contributed by atoms with Crippen LogP contribution in [0.1, 0.15) is 29.8 Å². The topological polar surface area (TPSA) is 68.5 Å². The molecule has 3 rings (SSSR count). The van der Waals surface area contributed by atoms with Crippen LogP contribution < -0.4 is 0 Å². The van der Waals surface area contributed by atoms with Crippen LogP contribution in [0.15, 0.2) is 65.3 Å². The van der Waals surface area contributed by atoms with Gasteiger partial charge in [-0.15, -0.1) is 0 Å². The predicted molar refractivity (Wildman–Crippen MR) is 95.6 cm³/mol. The first-order valence-corrected chi connectivity index (χ1v) is 8.42. The van der Waals surface area contributed by atoms with E-state index < -0.39 is 0 Å². The molecule has 0 aliphatic rings. The molecule has 0 aromatic carbocycles. The normalized spacial score (nSPS) is 10.8. The number of carbonyl (C=O) groups is 1. The molecule has 6 nitrogen and oxygen atoms in total. The number of hydrogen-bond acceptors (Lipinski definition) is 6. The average molecular weight is 351 g/mol. The number of hydrogen-bond donors (Lipinski definition) is 0. The summed E-state index contributed by atoms with van der Waals surface area (Å²) in [6, 6.07) is 15.5. The Bertz CT molecular complexity index is 777. The summed E-state index contributed by atoms with van der Waals surface area (Å²) in [6.07, 6.45) is 3.58. The zero-order valence-electron chi connectivity index (χ0n) is 14.7. The first-order chi connectivity index (χ1) is 12.7. The minimum atomic E-state index is -0.324. The van der Waals surface area contributed by atoms with Crippen molar-refractivity contribution in [2.24, 2.45) is 0 Å². The van der Waals surface area contributed by atoms with Gasteiger partial charge in [0.2, 0.25) is 0 Å². The van der Waals surface area contributed by atoms with Gasteiger partial charge in [0, 0.05) is 32.4 Å².